The summed E-state index contributed by atoms with van der Waals surface area (Å²) in [6, 6.07) is 26.5. The Kier molecular flexibility index (Phi) is 7.99. The molecule has 1 saturated heterocycles. The third-order valence-corrected chi connectivity index (χ3v) is 8.55. The van der Waals surface area contributed by atoms with Gasteiger partial charge in [0.1, 0.15) is 0 Å². The van der Waals surface area contributed by atoms with E-state index in [9.17, 15) is 9.59 Å². The number of β-lactam (4-membered cyclic amide) rings is 1. The Morgan fingerprint density at radius 2 is 1.64 bits per heavy atom. The fourth-order valence-corrected chi connectivity index (χ4v) is 6.48. The second-order valence-electron chi connectivity index (χ2n) is 7.59. The molecule has 1 aliphatic heterocycles. The molecule has 0 aromatic heterocycles. The summed E-state index contributed by atoms with van der Waals surface area (Å²) in [6.07, 6.45) is -0.666. The number of ether oxygens (including phenoxy) is 2. The minimum absolute atomic E-state index is 0.00878. The Morgan fingerprint density at radius 1 is 1.00 bits per heavy atom. The van der Waals surface area contributed by atoms with Gasteiger partial charge in [-0.15, -0.1) is 0 Å². The van der Waals surface area contributed by atoms with E-state index in [1.165, 1.54) is 11.6 Å². The van der Waals surface area contributed by atoms with Gasteiger partial charge in [-0.2, -0.15) is 0 Å². The number of amides is 1. The molecule has 0 radical (unpaired) electrons. The molecule has 0 spiro atoms. The number of rotatable bonds is 9. The first-order valence-corrected chi connectivity index (χ1v) is 13.4. The number of likely N-dealkylation sites (tertiary alicyclic amines) is 1. The predicted molar refractivity (Wildman–Crippen MR) is 131 cm³/mol. The van der Waals surface area contributed by atoms with Crippen LogP contribution in [-0.4, -0.2) is 51.0 Å². The summed E-state index contributed by atoms with van der Waals surface area (Å²) in [5.41, 5.74) is 1.91. The van der Waals surface area contributed by atoms with Crippen molar-refractivity contribution in [3.05, 3.63) is 101 Å². The average Bonchev–Trinajstić information content (AvgIpc) is 2.86. The summed E-state index contributed by atoms with van der Waals surface area (Å²) in [5.74, 6) is -0.592. The van der Waals surface area contributed by atoms with Crippen molar-refractivity contribution in [2.75, 3.05) is 7.11 Å². The first-order chi connectivity index (χ1) is 16.1. The van der Waals surface area contributed by atoms with Crippen molar-refractivity contribution in [1.29, 1.82) is 0 Å². The molecule has 0 saturated carbocycles. The van der Waals surface area contributed by atoms with Gasteiger partial charge in [0.2, 0.25) is 0 Å². The van der Waals surface area contributed by atoms with Crippen molar-refractivity contribution >= 4 is 47.2 Å². The second kappa shape index (κ2) is 11.1. The molecule has 1 heterocycles. The Bertz CT molecular complexity index is 1100. The van der Waals surface area contributed by atoms with Gasteiger partial charge >= 0.3 is 209 Å². The summed E-state index contributed by atoms with van der Waals surface area (Å²) >= 11 is 3.62. The van der Waals surface area contributed by atoms with Gasteiger partial charge in [-0.1, -0.05) is 0 Å². The summed E-state index contributed by atoms with van der Waals surface area (Å²) in [7, 11) is 1.37. The molecular weight excluding hydrogens is 549 g/mol. The van der Waals surface area contributed by atoms with E-state index in [0.717, 1.165) is 15.6 Å². The number of carbonyl (C=O) groups is 2. The van der Waals surface area contributed by atoms with Crippen molar-refractivity contribution in [2.24, 2.45) is 0 Å². The van der Waals surface area contributed by atoms with Crippen LogP contribution in [0.4, 0.5) is 0 Å². The van der Waals surface area contributed by atoms with Gasteiger partial charge in [0.25, 0.3) is 0 Å². The van der Waals surface area contributed by atoms with Gasteiger partial charge in [-0.25, -0.2) is 0 Å². The number of hydrogen-bond acceptors (Lipinski definition) is 4. The molecule has 3 aromatic carbocycles. The Balaban J connectivity index is 1.60. The molecule has 3 atom stereocenters. The van der Waals surface area contributed by atoms with Crippen LogP contribution in [0.15, 0.2) is 89.4 Å². The molecule has 4 rings (SSSR count). The van der Waals surface area contributed by atoms with Gasteiger partial charge in [0.15, 0.2) is 0 Å². The molecule has 33 heavy (non-hydrogen) atoms. The van der Waals surface area contributed by atoms with E-state index in [1.54, 1.807) is 4.90 Å². The molecule has 3 unspecified atom stereocenters. The zero-order chi connectivity index (χ0) is 23.2. The Hall–Kier alpha value is -2.44. The van der Waals surface area contributed by atoms with Crippen LogP contribution in [0.3, 0.4) is 0 Å². The van der Waals surface area contributed by atoms with Gasteiger partial charge in [0, 0.05) is 0 Å². The molecule has 3 aromatic rings. The summed E-state index contributed by atoms with van der Waals surface area (Å²) in [5, 5.41) is 0.530. The zero-order valence-electron chi connectivity index (χ0n) is 18.1. The van der Waals surface area contributed by atoms with E-state index in [-0.39, 0.29) is 26.9 Å². The first-order valence-electron chi connectivity index (χ1n) is 10.6. The number of carbonyl (C=O) groups excluding carboxylic acids is 2. The standard InChI is InChI=1S/C26H24BrNO4Se/c1-31-26(30)22(17-33-19-12-6-3-7-13-19)28-23(20-14-8-9-15-21(20)27)24(25(28)29)32-16-18-10-4-2-5-11-18/h2-15,22-24H,16-17H2,1H3. The fraction of sp³-hybridized carbons (Fsp3) is 0.231. The van der Waals surface area contributed by atoms with Crippen LogP contribution < -0.4 is 4.46 Å². The Labute approximate surface area is 208 Å². The number of esters is 1. The number of nitrogens with zero attached hydrogens (tertiary/aromatic N) is 1. The first kappa shape index (κ1) is 23.7. The number of benzene rings is 3. The van der Waals surface area contributed by atoms with Crippen LogP contribution in [0.2, 0.25) is 5.32 Å². The van der Waals surface area contributed by atoms with Gasteiger partial charge in [-0.05, 0) is 0 Å². The molecule has 170 valence electrons. The SMILES string of the molecule is COC(=O)C(C[Se]c1ccccc1)N1C(=O)C(OCc2ccccc2)C1c1ccccc1Br. The molecule has 7 heteroatoms. The third kappa shape index (κ3) is 5.39. The molecule has 0 aliphatic carbocycles. The summed E-state index contributed by atoms with van der Waals surface area (Å²) in [4.78, 5) is 27.8. The fourth-order valence-electron chi connectivity index (χ4n) is 3.87. The van der Waals surface area contributed by atoms with E-state index in [1.807, 2.05) is 84.9 Å². The number of halogens is 1. The third-order valence-electron chi connectivity index (χ3n) is 5.54. The van der Waals surface area contributed by atoms with E-state index in [2.05, 4.69) is 15.9 Å². The van der Waals surface area contributed by atoms with Crippen molar-refractivity contribution in [2.45, 2.75) is 30.1 Å². The molecule has 0 N–H and O–H groups in total. The molecule has 1 fully saturated rings. The quantitative estimate of drug-likeness (QED) is 0.222. The number of methoxy groups -OCH3 is 1. The maximum atomic E-state index is 13.3. The van der Waals surface area contributed by atoms with E-state index >= 15 is 0 Å². The van der Waals surface area contributed by atoms with Crippen LogP contribution >= 0.6 is 15.9 Å². The summed E-state index contributed by atoms with van der Waals surface area (Å²) in [6.45, 7) is 0.322. The maximum absolute atomic E-state index is 13.3. The monoisotopic (exact) mass is 573 g/mol. The van der Waals surface area contributed by atoms with Crippen molar-refractivity contribution in [1.82, 2.24) is 4.90 Å². The van der Waals surface area contributed by atoms with Crippen LogP contribution in [0, 0.1) is 0 Å². The van der Waals surface area contributed by atoms with Crippen molar-refractivity contribution in [3.8, 4) is 0 Å². The summed E-state index contributed by atoms with van der Waals surface area (Å²) < 4.78 is 13.2. The zero-order valence-corrected chi connectivity index (χ0v) is 21.4. The topological polar surface area (TPSA) is 55.8 Å². The molecule has 5 nitrogen and oxygen atoms in total. The van der Waals surface area contributed by atoms with Crippen LogP contribution in [0.1, 0.15) is 17.2 Å². The molecule has 1 aliphatic rings. The molecule has 0 bridgehead atoms. The predicted octanol–water partition coefficient (Wildman–Crippen LogP) is 3.91. The number of hydrogen-bond donors (Lipinski definition) is 0. The van der Waals surface area contributed by atoms with Gasteiger partial charge in [-0.3, -0.25) is 0 Å². The van der Waals surface area contributed by atoms with E-state index in [0.29, 0.717) is 11.9 Å². The van der Waals surface area contributed by atoms with E-state index in [4.69, 9.17) is 9.47 Å². The minimum atomic E-state index is -0.670. The van der Waals surface area contributed by atoms with Crippen molar-refractivity contribution in [3.63, 3.8) is 0 Å². The average molecular weight is 573 g/mol. The van der Waals surface area contributed by atoms with Crippen LogP contribution in [0.25, 0.3) is 0 Å². The molecule has 1 amide bonds. The van der Waals surface area contributed by atoms with E-state index < -0.39 is 18.1 Å². The van der Waals surface area contributed by atoms with Crippen LogP contribution in [0.5, 0.6) is 0 Å². The second-order valence-corrected chi connectivity index (χ2v) is 10.7. The normalized spacial score (nSPS) is 18.5. The van der Waals surface area contributed by atoms with Gasteiger partial charge < -0.3 is 0 Å². The Morgan fingerprint density at radius 3 is 2.30 bits per heavy atom. The molecular formula is C26H24BrNO4Se. The van der Waals surface area contributed by atoms with Crippen LogP contribution in [-0.2, 0) is 25.7 Å². The van der Waals surface area contributed by atoms with Gasteiger partial charge in [0.05, 0.1) is 0 Å². The van der Waals surface area contributed by atoms with Crippen molar-refractivity contribution < 1.29 is 19.1 Å².